The average molecular weight is 826 g/mol. The second-order valence-electron chi connectivity index (χ2n) is 16.1. The number of benzene rings is 6. The van der Waals surface area contributed by atoms with E-state index in [0.717, 1.165) is 22.5 Å². The lowest BCUT2D eigenvalue weighted by Crippen LogP contribution is -2.53. The Morgan fingerprint density at radius 1 is 0.672 bits per heavy atom. The highest BCUT2D eigenvalue weighted by Crippen LogP contribution is 2.65. The van der Waals surface area contributed by atoms with Gasteiger partial charge in [0.15, 0.2) is 0 Å². The number of phenolic OH excluding ortho intramolecular Hbond substituents is 1. The molecule has 2 aliphatic carbocycles. The fourth-order valence-corrected chi connectivity index (χ4v) is 10.5. The number of phenols is 1. The molecule has 2 heterocycles. The van der Waals surface area contributed by atoms with Gasteiger partial charge in [-0.1, -0.05) is 114 Å². The van der Waals surface area contributed by atoms with Crippen molar-refractivity contribution in [1.82, 2.24) is 0 Å². The van der Waals surface area contributed by atoms with E-state index >= 15 is 9.59 Å². The summed E-state index contributed by atoms with van der Waals surface area (Å²) in [5, 5.41) is 15.8. The Balaban J connectivity index is 1.08. The first kappa shape index (κ1) is 38.2. The van der Waals surface area contributed by atoms with Gasteiger partial charge in [0, 0.05) is 33.9 Å². The number of para-hydroxylation sites is 1. The molecule has 6 atom stereocenters. The molecule has 302 valence electrons. The molecule has 6 aromatic rings. The molecule has 0 aromatic heterocycles. The van der Waals surface area contributed by atoms with Crippen LogP contribution in [0.25, 0.3) is 0 Å². The van der Waals surface area contributed by atoms with Crippen LogP contribution in [-0.2, 0) is 31.2 Å². The molecule has 0 spiro atoms. The number of fused-ring (bicyclic) bond motifs is 4. The molecular formula is C51H40ClN3O6. The molecule has 3 fully saturated rings. The van der Waals surface area contributed by atoms with Gasteiger partial charge in [0.2, 0.25) is 23.6 Å². The second kappa shape index (κ2) is 15.2. The number of imide groups is 2. The van der Waals surface area contributed by atoms with Crippen LogP contribution in [-0.4, -0.2) is 28.7 Å². The Morgan fingerprint density at radius 3 is 2.07 bits per heavy atom. The minimum atomic E-state index is -1.54. The maximum absolute atomic E-state index is 15.6. The van der Waals surface area contributed by atoms with Crippen LogP contribution in [0.2, 0.25) is 5.02 Å². The van der Waals surface area contributed by atoms with E-state index in [2.05, 4.69) is 5.32 Å². The van der Waals surface area contributed by atoms with Gasteiger partial charge in [0.1, 0.15) is 18.1 Å². The Bertz CT molecular complexity index is 2730. The number of carbonyl (C=O) groups is 4. The van der Waals surface area contributed by atoms with Crippen LogP contribution < -0.4 is 19.9 Å². The van der Waals surface area contributed by atoms with Gasteiger partial charge in [-0.15, -0.1) is 0 Å². The molecular weight excluding hydrogens is 786 g/mol. The van der Waals surface area contributed by atoms with Crippen LogP contribution >= 0.6 is 11.6 Å². The van der Waals surface area contributed by atoms with E-state index in [-0.39, 0.29) is 37.0 Å². The van der Waals surface area contributed by atoms with Gasteiger partial charge >= 0.3 is 0 Å². The highest BCUT2D eigenvalue weighted by atomic mass is 35.5. The Hall–Kier alpha value is -6.97. The van der Waals surface area contributed by atoms with Gasteiger partial charge in [0.05, 0.1) is 34.5 Å². The lowest BCUT2D eigenvalue weighted by atomic mass is 9.49. The first-order valence-corrected chi connectivity index (χ1v) is 20.8. The third-order valence-electron chi connectivity index (χ3n) is 12.9. The monoisotopic (exact) mass is 825 g/mol. The standard InChI is InChI=1S/C51H40ClN3O6/c52-33-15-10-18-37(27-33)55-48(58)43-29-42-39(25-26-41-45(42)49(59)54(47(41)57)36-21-19-35(20-22-36)53-34-16-8-3-9-17-34)46(51(43,50(55)60)32-13-6-2-7-14-32)40-24-23-38(28-44(40)56)61-30-31-11-4-1-5-12-31/h1-25,27-28,41-43,45-46,53,56H,26,29-30H2. The fourth-order valence-electron chi connectivity index (χ4n) is 10.3. The van der Waals surface area contributed by atoms with Crippen molar-refractivity contribution in [3.05, 3.63) is 191 Å². The Morgan fingerprint density at radius 2 is 1.36 bits per heavy atom. The van der Waals surface area contributed by atoms with Crippen LogP contribution in [0.3, 0.4) is 0 Å². The number of ether oxygens (including phenoxy) is 1. The van der Waals surface area contributed by atoms with Gasteiger partial charge in [-0.2, -0.15) is 0 Å². The Kier molecular flexibility index (Phi) is 9.56. The number of amides is 4. The summed E-state index contributed by atoms with van der Waals surface area (Å²) in [5.74, 6) is -5.18. The summed E-state index contributed by atoms with van der Waals surface area (Å²) in [4.78, 5) is 62.5. The number of hydrogen-bond acceptors (Lipinski definition) is 7. The van der Waals surface area contributed by atoms with Crippen molar-refractivity contribution in [2.24, 2.45) is 23.7 Å². The van der Waals surface area contributed by atoms with E-state index in [1.54, 1.807) is 54.6 Å². The summed E-state index contributed by atoms with van der Waals surface area (Å²) in [6.45, 7) is 0.274. The van der Waals surface area contributed by atoms with E-state index < -0.39 is 46.8 Å². The number of carbonyl (C=O) groups excluding carboxylic acids is 4. The molecule has 2 aliphatic heterocycles. The van der Waals surface area contributed by atoms with Crippen LogP contribution in [0.4, 0.5) is 22.7 Å². The van der Waals surface area contributed by atoms with Crippen LogP contribution in [0.5, 0.6) is 11.5 Å². The highest BCUT2D eigenvalue weighted by molar-refractivity contribution is 6.32. The van der Waals surface area contributed by atoms with Gasteiger partial charge in [0.25, 0.3) is 0 Å². The molecule has 61 heavy (non-hydrogen) atoms. The summed E-state index contributed by atoms with van der Waals surface area (Å²) >= 11 is 6.47. The van der Waals surface area contributed by atoms with E-state index in [1.807, 2.05) is 109 Å². The smallest absolute Gasteiger partial charge is 0.246 e. The number of nitrogens with one attached hydrogen (secondary N) is 1. The number of hydrogen-bond donors (Lipinski definition) is 2. The molecule has 1 saturated carbocycles. The molecule has 6 aromatic carbocycles. The van der Waals surface area contributed by atoms with Crippen LogP contribution in [0, 0.1) is 23.7 Å². The third kappa shape index (κ3) is 6.30. The summed E-state index contributed by atoms with van der Waals surface area (Å²) in [5.41, 5.74) is 3.68. The van der Waals surface area contributed by atoms with Crippen LogP contribution in [0.15, 0.2) is 169 Å². The lowest BCUT2D eigenvalue weighted by molar-refractivity contribution is -0.127. The number of rotatable bonds is 9. The zero-order valence-electron chi connectivity index (χ0n) is 32.9. The largest absolute Gasteiger partial charge is 0.508 e. The van der Waals surface area contributed by atoms with Crippen molar-refractivity contribution in [1.29, 1.82) is 0 Å². The summed E-state index contributed by atoms with van der Waals surface area (Å²) in [7, 11) is 0. The van der Waals surface area contributed by atoms with Crippen molar-refractivity contribution >= 4 is 58.0 Å². The topological polar surface area (TPSA) is 116 Å². The molecule has 0 radical (unpaired) electrons. The van der Waals surface area contributed by atoms with E-state index in [1.165, 1.54) is 9.80 Å². The predicted octanol–water partition coefficient (Wildman–Crippen LogP) is 9.74. The van der Waals surface area contributed by atoms with Gasteiger partial charge in [-0.3, -0.25) is 24.1 Å². The summed E-state index contributed by atoms with van der Waals surface area (Å²) in [6.07, 6.45) is 2.36. The van der Waals surface area contributed by atoms with Gasteiger partial charge < -0.3 is 15.2 Å². The van der Waals surface area contributed by atoms with E-state index in [9.17, 15) is 14.7 Å². The maximum Gasteiger partial charge on any atom is 0.246 e. The first-order valence-electron chi connectivity index (χ1n) is 20.4. The van der Waals surface area contributed by atoms with Crippen molar-refractivity contribution in [2.45, 2.75) is 30.8 Å². The predicted molar refractivity (Wildman–Crippen MR) is 234 cm³/mol. The first-order chi connectivity index (χ1) is 29.7. The highest BCUT2D eigenvalue weighted by Gasteiger charge is 2.70. The quantitative estimate of drug-likeness (QED) is 0.110. The van der Waals surface area contributed by atoms with Gasteiger partial charge in [-0.05, 0) is 90.6 Å². The number of aromatic hydroxyl groups is 1. The molecule has 2 N–H and O–H groups in total. The zero-order valence-corrected chi connectivity index (χ0v) is 33.6. The molecule has 0 bridgehead atoms. The second-order valence-corrected chi connectivity index (χ2v) is 16.6. The number of nitrogens with zero attached hydrogens (tertiary/aromatic N) is 2. The van der Waals surface area contributed by atoms with E-state index in [4.69, 9.17) is 16.3 Å². The molecule has 9 nitrogen and oxygen atoms in total. The van der Waals surface area contributed by atoms with Gasteiger partial charge in [-0.25, -0.2) is 4.90 Å². The zero-order chi connectivity index (χ0) is 41.8. The average Bonchev–Trinajstić information content (AvgIpc) is 3.68. The van der Waals surface area contributed by atoms with Crippen molar-refractivity contribution in [3.8, 4) is 11.5 Å². The van der Waals surface area contributed by atoms with Crippen molar-refractivity contribution < 1.29 is 29.0 Å². The minimum absolute atomic E-state index is 0.116. The molecule has 2 saturated heterocycles. The number of halogens is 1. The molecule has 10 rings (SSSR count). The minimum Gasteiger partial charge on any atom is -0.508 e. The van der Waals surface area contributed by atoms with Crippen molar-refractivity contribution in [2.75, 3.05) is 15.1 Å². The molecule has 10 heteroatoms. The Labute approximate surface area is 357 Å². The molecule has 6 unspecified atom stereocenters. The maximum atomic E-state index is 15.6. The lowest BCUT2D eigenvalue weighted by Gasteiger charge is -2.50. The summed E-state index contributed by atoms with van der Waals surface area (Å²) in [6, 6.07) is 47.6. The summed E-state index contributed by atoms with van der Waals surface area (Å²) < 4.78 is 6.11. The SMILES string of the molecule is O=C1C2CC=C3C(CC4C(=O)N(c5cccc(Cl)c5)C(=O)C4(c4ccccc4)C3c3ccc(OCc4ccccc4)cc3O)C2C(=O)N1c1ccc(Nc2ccccc2)cc1. The molecule has 4 aliphatic rings. The normalized spacial score (nSPS) is 24.2. The van der Waals surface area contributed by atoms with E-state index in [0.29, 0.717) is 33.3 Å². The number of allylic oxidation sites excluding steroid dienone is 2. The fraction of sp³-hybridized carbons (Fsp3) is 0.176. The van der Waals surface area contributed by atoms with Crippen LogP contribution in [0.1, 0.15) is 35.4 Å². The third-order valence-corrected chi connectivity index (χ3v) is 13.2. The molecule has 4 amide bonds. The number of anilines is 4. The van der Waals surface area contributed by atoms with Crippen molar-refractivity contribution in [3.63, 3.8) is 0 Å².